The first kappa shape index (κ1) is 26.6. The molecular weight excluding hydrogens is 422 g/mol. The monoisotopic (exact) mass is 440 g/mol. The molecule has 1 saturated carbocycles. The number of nitrogens with zero attached hydrogens (tertiary/aromatic N) is 1. The standard InChI is InChI=1S/C19H16F5N.Li.H2NO2S/c1-3-17(4-2)16(18(17,20)21)15-7-5-6-14(25-15)12-8-10-13(11-9-12)19(22,23)24;;1-4(2)3/h5-11,16H,1-4H2;;(H2,1,2,3)/q-2;+1;-1/t16-;;/m0../s1. The summed E-state index contributed by atoms with van der Waals surface area (Å²) in [5.41, 5.74) is -1.05. The van der Waals surface area contributed by atoms with Crippen molar-refractivity contribution in [3.63, 3.8) is 0 Å². The van der Waals surface area contributed by atoms with Crippen molar-refractivity contribution in [1.82, 2.24) is 4.98 Å². The fourth-order valence-electron chi connectivity index (χ4n) is 3.33. The van der Waals surface area contributed by atoms with Crippen molar-refractivity contribution in [3.8, 4) is 11.3 Å². The Hall–Kier alpha value is -1.47. The minimum Gasteiger partial charge on any atom is -0.409 e. The SMILES string of the molecule is N[S-](=O)=O.[CH2-]CC1(C[CH2-])[C@H](c2cccc(-c3ccc(C(F)(F)F)cc3)n2)C1(F)F.[Li+]. The summed E-state index contributed by atoms with van der Waals surface area (Å²) in [7, 11) is -2.36. The first-order chi connectivity index (χ1) is 13.4. The molecule has 3 rings (SSSR count). The molecule has 0 bridgehead atoms. The van der Waals surface area contributed by atoms with Gasteiger partial charge in [0.25, 0.3) is 5.92 Å². The molecule has 30 heavy (non-hydrogen) atoms. The number of rotatable bonds is 4. The largest absolute Gasteiger partial charge is 1.00 e. The molecule has 1 aromatic carbocycles. The molecule has 1 aliphatic carbocycles. The minimum atomic E-state index is -4.42. The zero-order valence-corrected chi connectivity index (χ0v) is 16.9. The van der Waals surface area contributed by atoms with Gasteiger partial charge in [0, 0.05) is 5.56 Å². The van der Waals surface area contributed by atoms with E-state index < -0.39 is 39.9 Å². The van der Waals surface area contributed by atoms with E-state index in [0.717, 1.165) is 12.1 Å². The minimum absolute atomic E-state index is 0. The second-order valence-electron chi connectivity index (χ2n) is 6.50. The van der Waals surface area contributed by atoms with Crippen LogP contribution in [-0.2, 0) is 25.5 Å². The Kier molecular flexibility index (Phi) is 8.65. The van der Waals surface area contributed by atoms with E-state index in [-0.39, 0.29) is 37.4 Å². The van der Waals surface area contributed by atoms with Crippen LogP contribution < -0.4 is 24.0 Å². The maximum Gasteiger partial charge on any atom is 1.00 e. The molecule has 0 spiro atoms. The Balaban J connectivity index is 0.000000827. The van der Waals surface area contributed by atoms with Crippen molar-refractivity contribution in [2.45, 2.75) is 30.9 Å². The predicted molar refractivity (Wildman–Crippen MR) is 97.7 cm³/mol. The topological polar surface area (TPSA) is 73.1 Å². The second-order valence-corrected chi connectivity index (χ2v) is 7.02. The van der Waals surface area contributed by atoms with Gasteiger partial charge in [-0.15, -0.1) is 0 Å². The van der Waals surface area contributed by atoms with E-state index in [0.29, 0.717) is 11.3 Å². The zero-order chi connectivity index (χ0) is 22.0. The van der Waals surface area contributed by atoms with Crippen LogP contribution in [0.15, 0.2) is 42.5 Å². The average molecular weight is 440 g/mol. The fourth-order valence-corrected chi connectivity index (χ4v) is 3.33. The normalized spacial score (nSPS) is 18.8. The molecule has 0 radical (unpaired) electrons. The Labute approximate surface area is 185 Å². The van der Waals surface area contributed by atoms with Crippen molar-refractivity contribution in [3.05, 3.63) is 67.6 Å². The van der Waals surface area contributed by atoms with E-state index >= 15 is 0 Å². The number of aromatic nitrogens is 1. The van der Waals surface area contributed by atoms with Gasteiger partial charge in [0.1, 0.15) is 0 Å². The molecule has 2 N–H and O–H groups in total. The molecule has 0 aliphatic heterocycles. The summed E-state index contributed by atoms with van der Waals surface area (Å²) in [6.45, 7) is 7.24. The van der Waals surface area contributed by atoms with Crippen molar-refractivity contribution in [2.75, 3.05) is 0 Å². The van der Waals surface area contributed by atoms with E-state index in [1.54, 1.807) is 12.1 Å². The number of hydrogen-bond donors (Lipinski definition) is 1. The molecule has 1 aliphatic rings. The smallest absolute Gasteiger partial charge is 0.409 e. The van der Waals surface area contributed by atoms with Gasteiger partial charge in [-0.1, -0.05) is 18.2 Å². The molecule has 4 nitrogen and oxygen atoms in total. The summed E-state index contributed by atoms with van der Waals surface area (Å²) in [5, 5.41) is 4.03. The van der Waals surface area contributed by atoms with Gasteiger partial charge in [-0.25, -0.2) is 8.78 Å². The zero-order valence-electron chi connectivity index (χ0n) is 16.1. The summed E-state index contributed by atoms with van der Waals surface area (Å²) in [4.78, 5) is 4.27. The predicted octanol–water partition coefficient (Wildman–Crippen LogP) is 2.11. The molecule has 1 heterocycles. The third-order valence-electron chi connectivity index (χ3n) is 4.96. The summed E-state index contributed by atoms with van der Waals surface area (Å²) < 4.78 is 84.0. The maximum absolute atomic E-state index is 14.3. The molecule has 0 unspecified atom stereocenters. The fraction of sp³-hybridized carbons (Fsp3) is 0.316. The summed E-state index contributed by atoms with van der Waals surface area (Å²) in [6.07, 6.45) is -4.34. The summed E-state index contributed by atoms with van der Waals surface area (Å²) >= 11 is 0. The van der Waals surface area contributed by atoms with Crippen LogP contribution in [0.4, 0.5) is 22.0 Å². The van der Waals surface area contributed by atoms with Crippen LogP contribution in [0, 0.1) is 19.3 Å². The molecule has 0 amide bonds. The average Bonchev–Trinajstić information content (AvgIpc) is 3.16. The summed E-state index contributed by atoms with van der Waals surface area (Å²) in [6, 6.07) is 9.16. The van der Waals surface area contributed by atoms with Gasteiger partial charge in [-0.05, 0) is 40.6 Å². The van der Waals surface area contributed by atoms with E-state index in [9.17, 15) is 22.0 Å². The number of halogens is 5. The Morgan fingerprint density at radius 1 is 1.03 bits per heavy atom. The van der Waals surface area contributed by atoms with Crippen LogP contribution in [0.2, 0.25) is 0 Å². The Bertz CT molecular complexity index is 921. The van der Waals surface area contributed by atoms with Crippen LogP contribution in [0.5, 0.6) is 0 Å². The van der Waals surface area contributed by atoms with E-state index in [4.69, 9.17) is 8.42 Å². The van der Waals surface area contributed by atoms with Gasteiger partial charge in [-0.2, -0.15) is 26.0 Å². The van der Waals surface area contributed by atoms with Crippen molar-refractivity contribution in [1.29, 1.82) is 0 Å². The molecule has 11 heteroatoms. The maximum atomic E-state index is 14.3. The Morgan fingerprint density at radius 2 is 1.53 bits per heavy atom. The second kappa shape index (κ2) is 9.77. The van der Waals surface area contributed by atoms with Gasteiger partial charge < -0.3 is 27.4 Å². The third-order valence-corrected chi connectivity index (χ3v) is 4.96. The van der Waals surface area contributed by atoms with E-state index in [1.165, 1.54) is 18.2 Å². The third kappa shape index (κ3) is 5.22. The molecule has 2 aromatic rings. The first-order valence-corrected chi connectivity index (χ1v) is 9.49. The van der Waals surface area contributed by atoms with Crippen molar-refractivity contribution in [2.24, 2.45) is 10.6 Å². The first-order valence-electron chi connectivity index (χ1n) is 8.35. The van der Waals surface area contributed by atoms with Crippen LogP contribution in [0.3, 0.4) is 0 Å². The van der Waals surface area contributed by atoms with Crippen molar-refractivity contribution < 1.29 is 49.2 Å². The molecule has 1 atom stereocenters. The molecular formula is C19H18F5LiN2O2S-2. The van der Waals surface area contributed by atoms with Crippen LogP contribution in [0.1, 0.15) is 30.0 Å². The number of nitrogens with two attached hydrogens (primary N) is 1. The van der Waals surface area contributed by atoms with Crippen LogP contribution >= 0.6 is 0 Å². The molecule has 0 saturated heterocycles. The van der Waals surface area contributed by atoms with Crippen LogP contribution in [0.25, 0.3) is 11.3 Å². The molecule has 1 aromatic heterocycles. The quantitative estimate of drug-likeness (QED) is 0.343. The van der Waals surface area contributed by atoms with Gasteiger partial charge in [-0.3, -0.25) is 4.98 Å². The van der Waals surface area contributed by atoms with Gasteiger partial charge in [0.05, 0.1) is 22.9 Å². The molecule has 160 valence electrons. The number of pyridine rings is 1. The van der Waals surface area contributed by atoms with Gasteiger partial charge in [0.2, 0.25) is 0 Å². The number of alkyl halides is 5. The van der Waals surface area contributed by atoms with E-state index in [1.807, 2.05) is 0 Å². The molecule has 1 fully saturated rings. The van der Waals surface area contributed by atoms with Gasteiger partial charge >= 0.3 is 25.0 Å². The number of benzene rings is 1. The number of hydrogen-bond acceptors (Lipinski definition) is 4. The van der Waals surface area contributed by atoms with Gasteiger partial charge in [0.15, 0.2) is 0 Å². The summed E-state index contributed by atoms with van der Waals surface area (Å²) in [5.74, 6) is -3.99. The van der Waals surface area contributed by atoms with Crippen LogP contribution in [-0.4, -0.2) is 10.9 Å². The van der Waals surface area contributed by atoms with E-state index in [2.05, 4.69) is 24.0 Å². The van der Waals surface area contributed by atoms with Crippen molar-refractivity contribution >= 4 is 10.9 Å². The Morgan fingerprint density at radius 3 is 1.93 bits per heavy atom.